The van der Waals surface area contributed by atoms with Crippen LogP contribution in [0.25, 0.3) is 0 Å². The summed E-state index contributed by atoms with van der Waals surface area (Å²) in [4.78, 5) is 2.61. The molecule has 0 amide bonds. The van der Waals surface area contributed by atoms with Crippen molar-refractivity contribution in [2.45, 2.75) is 44.8 Å². The van der Waals surface area contributed by atoms with Crippen LogP contribution in [0.15, 0.2) is 0 Å². The summed E-state index contributed by atoms with van der Waals surface area (Å²) in [7, 11) is 0. The average Bonchev–Trinajstić information content (AvgIpc) is 2.33. The molecule has 4 saturated heterocycles. The lowest BCUT2D eigenvalue weighted by molar-refractivity contribution is -0.189. The third-order valence-electron chi connectivity index (χ3n) is 4.91. The van der Waals surface area contributed by atoms with Crippen LogP contribution in [0.2, 0.25) is 0 Å². The van der Waals surface area contributed by atoms with E-state index in [9.17, 15) is 0 Å². The average molecular weight is 238 g/mol. The van der Waals surface area contributed by atoms with Gasteiger partial charge in [-0.25, -0.2) is 0 Å². The maximum Gasteiger partial charge on any atom is 0.0990 e. The Balaban J connectivity index is 1.81. The van der Waals surface area contributed by atoms with Crippen LogP contribution in [0.1, 0.15) is 33.1 Å². The van der Waals surface area contributed by atoms with E-state index in [1.54, 1.807) is 0 Å². The zero-order valence-corrected chi connectivity index (χ0v) is 11.2. The summed E-state index contributed by atoms with van der Waals surface area (Å²) in [5.41, 5.74) is 0.138. The van der Waals surface area contributed by atoms with Gasteiger partial charge in [-0.3, -0.25) is 0 Å². The van der Waals surface area contributed by atoms with Crippen molar-refractivity contribution in [3.05, 3.63) is 0 Å². The number of nitrogens with zero attached hydrogens (tertiary/aromatic N) is 1. The van der Waals surface area contributed by atoms with E-state index < -0.39 is 0 Å². The van der Waals surface area contributed by atoms with Crippen molar-refractivity contribution in [3.8, 4) is 0 Å². The molecule has 0 aromatic carbocycles. The number of nitrogens with one attached hydrogen (secondary N) is 1. The molecule has 98 valence electrons. The van der Waals surface area contributed by atoms with Gasteiger partial charge in [0.05, 0.1) is 12.2 Å². The molecule has 0 aromatic rings. The number of morpholine rings is 1. The first-order chi connectivity index (χ1) is 8.21. The zero-order chi connectivity index (χ0) is 11.9. The van der Waals surface area contributed by atoms with Crippen LogP contribution in [-0.4, -0.2) is 49.3 Å². The Morgan fingerprint density at radius 2 is 2.12 bits per heavy atom. The third-order valence-corrected chi connectivity index (χ3v) is 4.91. The van der Waals surface area contributed by atoms with Crippen LogP contribution in [0, 0.1) is 11.8 Å². The molecule has 0 saturated carbocycles. The number of hydrogen-bond donors (Lipinski definition) is 1. The van der Waals surface area contributed by atoms with Gasteiger partial charge in [0.25, 0.3) is 0 Å². The zero-order valence-electron chi connectivity index (χ0n) is 11.2. The molecule has 1 N–H and O–H groups in total. The van der Waals surface area contributed by atoms with Crippen LogP contribution in [-0.2, 0) is 4.74 Å². The first-order valence-corrected chi connectivity index (χ1v) is 7.30. The van der Waals surface area contributed by atoms with Crippen molar-refractivity contribution in [2.24, 2.45) is 11.8 Å². The van der Waals surface area contributed by atoms with Crippen molar-refractivity contribution < 1.29 is 4.74 Å². The minimum absolute atomic E-state index is 0.138. The molecule has 0 aromatic heterocycles. The minimum Gasteiger partial charge on any atom is -0.370 e. The minimum atomic E-state index is 0.138. The Labute approximate surface area is 105 Å². The molecule has 3 heteroatoms. The summed E-state index contributed by atoms with van der Waals surface area (Å²) >= 11 is 0. The Bertz CT molecular complexity index is 273. The smallest absolute Gasteiger partial charge is 0.0990 e. The summed E-state index contributed by atoms with van der Waals surface area (Å²) in [6, 6.07) is 0.573. The molecule has 4 rings (SSSR count). The van der Waals surface area contributed by atoms with E-state index in [2.05, 4.69) is 24.1 Å². The summed E-state index contributed by atoms with van der Waals surface area (Å²) in [6.45, 7) is 10.3. The van der Waals surface area contributed by atoms with E-state index in [0.29, 0.717) is 6.04 Å². The number of ether oxygens (including phenoxy) is 1. The van der Waals surface area contributed by atoms with Crippen LogP contribution in [0.4, 0.5) is 0 Å². The molecular formula is C14H26N2O. The van der Waals surface area contributed by atoms with E-state index in [4.69, 9.17) is 4.74 Å². The van der Waals surface area contributed by atoms with Crippen molar-refractivity contribution in [1.29, 1.82) is 0 Å². The molecule has 1 spiro atoms. The molecular weight excluding hydrogens is 212 g/mol. The van der Waals surface area contributed by atoms with Gasteiger partial charge in [0.1, 0.15) is 0 Å². The van der Waals surface area contributed by atoms with Gasteiger partial charge in [-0.2, -0.15) is 0 Å². The van der Waals surface area contributed by atoms with Gasteiger partial charge >= 0.3 is 0 Å². The first kappa shape index (κ1) is 11.9. The third kappa shape index (κ3) is 2.02. The predicted molar refractivity (Wildman–Crippen MR) is 69.1 cm³/mol. The highest BCUT2D eigenvalue weighted by Gasteiger charge is 2.53. The van der Waals surface area contributed by atoms with Gasteiger partial charge in [-0.15, -0.1) is 0 Å². The van der Waals surface area contributed by atoms with Crippen molar-refractivity contribution in [2.75, 3.05) is 32.8 Å². The van der Waals surface area contributed by atoms with E-state index in [0.717, 1.165) is 25.0 Å². The standard InChI is InChI=1S/C14H26N2O/c1-11(2)9-13-14(17-8-5-15-13)10-16-6-3-12(14)4-7-16/h11-13,15H,3-10H2,1-2H3. The fraction of sp³-hybridized carbons (Fsp3) is 1.00. The van der Waals surface area contributed by atoms with Gasteiger partial charge in [-0.1, -0.05) is 13.8 Å². The van der Waals surface area contributed by atoms with Crippen LogP contribution < -0.4 is 5.32 Å². The number of hydrogen-bond acceptors (Lipinski definition) is 3. The van der Waals surface area contributed by atoms with E-state index >= 15 is 0 Å². The Hall–Kier alpha value is -0.120. The molecule has 4 fully saturated rings. The lowest BCUT2D eigenvalue weighted by atomic mass is 9.69. The number of fused-ring (bicyclic) bond motifs is 2. The predicted octanol–water partition coefficient (Wildman–Crippen LogP) is 1.49. The van der Waals surface area contributed by atoms with Crippen molar-refractivity contribution in [3.63, 3.8) is 0 Å². The molecule has 4 aliphatic rings. The van der Waals surface area contributed by atoms with Crippen LogP contribution in [0.3, 0.4) is 0 Å². The Morgan fingerprint density at radius 1 is 1.35 bits per heavy atom. The molecule has 2 atom stereocenters. The second-order valence-electron chi connectivity index (χ2n) is 6.49. The number of rotatable bonds is 2. The molecule has 0 aliphatic carbocycles. The van der Waals surface area contributed by atoms with Crippen molar-refractivity contribution in [1.82, 2.24) is 10.2 Å². The summed E-state index contributed by atoms with van der Waals surface area (Å²) < 4.78 is 6.35. The maximum absolute atomic E-state index is 6.35. The van der Waals surface area contributed by atoms with E-state index in [1.807, 2.05) is 0 Å². The highest BCUT2D eigenvalue weighted by Crippen LogP contribution is 2.42. The van der Waals surface area contributed by atoms with E-state index in [1.165, 1.54) is 38.9 Å². The number of piperidine rings is 3. The fourth-order valence-electron chi connectivity index (χ4n) is 4.12. The second-order valence-corrected chi connectivity index (χ2v) is 6.49. The fourth-order valence-corrected chi connectivity index (χ4v) is 4.12. The molecule has 2 unspecified atom stereocenters. The van der Waals surface area contributed by atoms with Crippen LogP contribution >= 0.6 is 0 Å². The van der Waals surface area contributed by atoms with Gasteiger partial charge in [0, 0.05) is 19.1 Å². The SMILES string of the molecule is CC(C)CC1NCCOC12CN1CCC2CC1. The molecule has 4 heterocycles. The molecule has 3 nitrogen and oxygen atoms in total. The summed E-state index contributed by atoms with van der Waals surface area (Å²) in [5.74, 6) is 1.55. The molecule has 0 radical (unpaired) electrons. The van der Waals surface area contributed by atoms with Crippen LogP contribution in [0.5, 0.6) is 0 Å². The largest absolute Gasteiger partial charge is 0.370 e. The maximum atomic E-state index is 6.35. The van der Waals surface area contributed by atoms with E-state index in [-0.39, 0.29) is 5.60 Å². The summed E-state index contributed by atoms with van der Waals surface area (Å²) in [6.07, 6.45) is 3.94. The van der Waals surface area contributed by atoms with Crippen molar-refractivity contribution >= 4 is 0 Å². The highest BCUT2D eigenvalue weighted by molar-refractivity contribution is 5.08. The Kier molecular flexibility index (Phi) is 3.18. The summed E-state index contributed by atoms with van der Waals surface area (Å²) in [5, 5.41) is 3.74. The first-order valence-electron chi connectivity index (χ1n) is 7.30. The molecule has 4 aliphatic heterocycles. The highest BCUT2D eigenvalue weighted by atomic mass is 16.5. The molecule has 17 heavy (non-hydrogen) atoms. The second kappa shape index (κ2) is 4.52. The lowest BCUT2D eigenvalue weighted by Crippen LogP contribution is -2.71. The normalized spacial score (nSPS) is 45.7. The molecule has 2 bridgehead atoms. The quantitative estimate of drug-likeness (QED) is 0.789. The van der Waals surface area contributed by atoms with Gasteiger partial charge in [0.15, 0.2) is 0 Å². The monoisotopic (exact) mass is 238 g/mol. The lowest BCUT2D eigenvalue weighted by Gasteiger charge is -2.58. The topological polar surface area (TPSA) is 24.5 Å². The van der Waals surface area contributed by atoms with Gasteiger partial charge in [0.2, 0.25) is 0 Å². The van der Waals surface area contributed by atoms with Gasteiger partial charge in [-0.05, 0) is 44.2 Å². The Morgan fingerprint density at radius 3 is 2.71 bits per heavy atom. The van der Waals surface area contributed by atoms with Gasteiger partial charge < -0.3 is 15.0 Å².